The van der Waals surface area contributed by atoms with Crippen LogP contribution in [0.15, 0.2) is 17.0 Å². The van der Waals surface area contributed by atoms with Crippen molar-refractivity contribution in [2.24, 2.45) is 0 Å². The van der Waals surface area contributed by atoms with E-state index in [1.54, 1.807) is 6.92 Å². The molecule has 8 nitrogen and oxygen atoms in total. The van der Waals surface area contributed by atoms with E-state index in [1.807, 2.05) is 0 Å². The van der Waals surface area contributed by atoms with Gasteiger partial charge < -0.3 is 14.5 Å². The van der Waals surface area contributed by atoms with Crippen molar-refractivity contribution in [3.8, 4) is 0 Å². The van der Waals surface area contributed by atoms with E-state index >= 15 is 0 Å². The quantitative estimate of drug-likeness (QED) is 0.568. The van der Waals surface area contributed by atoms with E-state index < -0.39 is 5.97 Å². The lowest BCUT2D eigenvalue weighted by molar-refractivity contribution is 0.0519. The van der Waals surface area contributed by atoms with E-state index in [0.717, 1.165) is 18.7 Å². The lowest BCUT2D eigenvalue weighted by Gasteiger charge is -1.99. The first-order chi connectivity index (χ1) is 9.29. The highest BCUT2D eigenvalue weighted by Gasteiger charge is 2.12. The zero-order chi connectivity index (χ0) is 13.5. The number of ether oxygens (including phenoxy) is 1. The van der Waals surface area contributed by atoms with Gasteiger partial charge in [-0.05, 0) is 13.3 Å². The minimum absolute atomic E-state index is 0.166. The van der Waals surface area contributed by atoms with Crippen molar-refractivity contribution in [3.63, 3.8) is 0 Å². The van der Waals surface area contributed by atoms with Gasteiger partial charge in [-0.25, -0.2) is 9.78 Å². The van der Waals surface area contributed by atoms with Crippen molar-refractivity contribution in [1.82, 2.24) is 20.2 Å². The third-order valence-electron chi connectivity index (χ3n) is 2.32. The summed E-state index contributed by atoms with van der Waals surface area (Å²) in [7, 11) is 0. The summed E-state index contributed by atoms with van der Waals surface area (Å²) < 4.78 is 9.92. The smallest absolute Gasteiger partial charge is 0.360 e. The molecular formula is C11H15N5O3. The van der Waals surface area contributed by atoms with E-state index in [0.29, 0.717) is 19.2 Å². The molecule has 8 heteroatoms. The van der Waals surface area contributed by atoms with Crippen molar-refractivity contribution in [3.05, 3.63) is 24.1 Å². The molecule has 0 atom stereocenters. The Balaban J connectivity index is 1.72. The summed E-state index contributed by atoms with van der Waals surface area (Å²) in [6.45, 7) is 2.70. The second-order valence-electron chi connectivity index (χ2n) is 3.72. The SMILES string of the molecule is CCOC(=O)c1coc(NCCCc2ncn[nH]2)n1. The fourth-order valence-electron chi connectivity index (χ4n) is 1.46. The summed E-state index contributed by atoms with van der Waals surface area (Å²) >= 11 is 0. The second kappa shape index (κ2) is 6.53. The van der Waals surface area contributed by atoms with Gasteiger partial charge in [-0.3, -0.25) is 5.10 Å². The third kappa shape index (κ3) is 3.80. The zero-order valence-corrected chi connectivity index (χ0v) is 10.5. The summed E-state index contributed by atoms with van der Waals surface area (Å²) in [4.78, 5) is 19.3. The van der Waals surface area contributed by atoms with Crippen molar-refractivity contribution in [2.45, 2.75) is 19.8 Å². The average molecular weight is 265 g/mol. The Morgan fingerprint density at radius 3 is 3.21 bits per heavy atom. The molecule has 0 radical (unpaired) electrons. The molecule has 2 aromatic heterocycles. The van der Waals surface area contributed by atoms with Crippen LogP contribution in [0.4, 0.5) is 6.01 Å². The molecule has 19 heavy (non-hydrogen) atoms. The Labute approximate surface area is 109 Å². The number of H-pyrrole nitrogens is 1. The fourth-order valence-corrected chi connectivity index (χ4v) is 1.46. The molecule has 0 aliphatic carbocycles. The van der Waals surface area contributed by atoms with Gasteiger partial charge in [0.25, 0.3) is 6.01 Å². The van der Waals surface area contributed by atoms with Crippen LogP contribution < -0.4 is 5.32 Å². The van der Waals surface area contributed by atoms with Gasteiger partial charge in [0.05, 0.1) is 6.61 Å². The topological polar surface area (TPSA) is 106 Å². The summed E-state index contributed by atoms with van der Waals surface area (Å²) in [6.07, 6.45) is 4.37. The molecule has 102 valence electrons. The molecule has 2 N–H and O–H groups in total. The third-order valence-corrected chi connectivity index (χ3v) is 2.32. The maximum Gasteiger partial charge on any atom is 0.360 e. The van der Waals surface area contributed by atoms with Crippen LogP contribution in [-0.4, -0.2) is 39.3 Å². The molecule has 0 saturated heterocycles. The van der Waals surface area contributed by atoms with E-state index in [1.165, 1.54) is 12.6 Å². The first kappa shape index (κ1) is 13.1. The Kier molecular flexibility index (Phi) is 4.49. The lowest BCUT2D eigenvalue weighted by Crippen LogP contribution is -2.07. The molecule has 0 fully saturated rings. The Morgan fingerprint density at radius 2 is 2.47 bits per heavy atom. The van der Waals surface area contributed by atoms with Gasteiger partial charge in [0, 0.05) is 13.0 Å². The van der Waals surface area contributed by atoms with Gasteiger partial charge in [-0.2, -0.15) is 10.1 Å². The van der Waals surface area contributed by atoms with Gasteiger partial charge in [-0.1, -0.05) is 0 Å². The first-order valence-electron chi connectivity index (χ1n) is 6.00. The number of carbonyl (C=O) groups excluding carboxylic acids is 1. The molecule has 0 bridgehead atoms. The molecule has 0 aliphatic heterocycles. The monoisotopic (exact) mass is 265 g/mol. The van der Waals surface area contributed by atoms with E-state index in [2.05, 4.69) is 25.5 Å². The summed E-state index contributed by atoms with van der Waals surface area (Å²) in [5.74, 6) is 0.349. The van der Waals surface area contributed by atoms with Crippen LogP contribution in [0.1, 0.15) is 29.7 Å². The number of rotatable bonds is 7. The standard InChI is InChI=1S/C11H15N5O3/c1-2-18-10(17)8-6-19-11(15-8)12-5-3-4-9-13-7-14-16-9/h6-7H,2-5H2,1H3,(H,12,15)(H,13,14,16). The van der Waals surface area contributed by atoms with Crippen LogP contribution in [0.3, 0.4) is 0 Å². The second-order valence-corrected chi connectivity index (χ2v) is 3.72. The van der Waals surface area contributed by atoms with Gasteiger partial charge in [-0.15, -0.1) is 0 Å². The molecule has 0 aromatic carbocycles. The summed E-state index contributed by atoms with van der Waals surface area (Å²) in [6, 6.07) is 0.306. The van der Waals surface area contributed by atoms with Crippen LogP contribution in [0.2, 0.25) is 0 Å². The Hall–Kier alpha value is -2.38. The predicted octanol–water partition coefficient (Wildman–Crippen LogP) is 1.01. The van der Waals surface area contributed by atoms with Gasteiger partial charge >= 0.3 is 5.97 Å². The van der Waals surface area contributed by atoms with Crippen LogP contribution >= 0.6 is 0 Å². The molecule has 0 amide bonds. The zero-order valence-electron chi connectivity index (χ0n) is 10.5. The Morgan fingerprint density at radius 1 is 1.58 bits per heavy atom. The average Bonchev–Trinajstić information content (AvgIpc) is 3.06. The first-order valence-corrected chi connectivity index (χ1v) is 6.00. The molecule has 0 spiro atoms. The Bertz CT molecular complexity index is 508. The highest BCUT2D eigenvalue weighted by molar-refractivity contribution is 5.87. The highest BCUT2D eigenvalue weighted by Crippen LogP contribution is 2.08. The van der Waals surface area contributed by atoms with Crippen molar-refractivity contribution in [2.75, 3.05) is 18.5 Å². The largest absolute Gasteiger partial charge is 0.461 e. The van der Waals surface area contributed by atoms with E-state index in [4.69, 9.17) is 9.15 Å². The minimum Gasteiger partial charge on any atom is -0.461 e. The molecule has 0 unspecified atom stereocenters. The van der Waals surface area contributed by atoms with Crippen LogP contribution in [0.25, 0.3) is 0 Å². The van der Waals surface area contributed by atoms with E-state index in [-0.39, 0.29) is 5.69 Å². The van der Waals surface area contributed by atoms with Crippen molar-refractivity contribution in [1.29, 1.82) is 0 Å². The normalized spacial score (nSPS) is 10.4. The van der Waals surface area contributed by atoms with Gasteiger partial charge in [0.1, 0.15) is 18.4 Å². The lowest BCUT2D eigenvalue weighted by atomic mass is 10.3. The number of aromatic amines is 1. The maximum atomic E-state index is 11.4. The maximum absolute atomic E-state index is 11.4. The summed E-state index contributed by atoms with van der Waals surface area (Å²) in [5, 5.41) is 9.52. The predicted molar refractivity (Wildman–Crippen MR) is 65.7 cm³/mol. The van der Waals surface area contributed by atoms with Crippen molar-refractivity contribution >= 4 is 12.0 Å². The summed E-state index contributed by atoms with van der Waals surface area (Å²) in [5.41, 5.74) is 0.166. The number of nitrogens with zero attached hydrogens (tertiary/aromatic N) is 3. The number of anilines is 1. The molecular weight excluding hydrogens is 250 g/mol. The van der Waals surface area contributed by atoms with E-state index in [9.17, 15) is 4.79 Å². The molecule has 2 heterocycles. The number of hydrogen-bond acceptors (Lipinski definition) is 7. The number of carbonyl (C=O) groups is 1. The molecule has 2 aromatic rings. The number of nitrogens with one attached hydrogen (secondary N) is 2. The molecule has 0 saturated carbocycles. The fraction of sp³-hybridized carbons (Fsp3) is 0.455. The van der Waals surface area contributed by atoms with Gasteiger partial charge in [0.2, 0.25) is 0 Å². The minimum atomic E-state index is -0.485. The van der Waals surface area contributed by atoms with Crippen LogP contribution in [-0.2, 0) is 11.2 Å². The van der Waals surface area contributed by atoms with Gasteiger partial charge in [0.15, 0.2) is 5.69 Å². The number of esters is 1. The van der Waals surface area contributed by atoms with Crippen LogP contribution in [0, 0.1) is 0 Å². The molecule has 2 rings (SSSR count). The number of hydrogen-bond donors (Lipinski definition) is 2. The molecule has 0 aliphatic rings. The van der Waals surface area contributed by atoms with Crippen LogP contribution in [0.5, 0.6) is 0 Å². The number of aryl methyl sites for hydroxylation is 1. The highest BCUT2D eigenvalue weighted by atomic mass is 16.5. The number of aromatic nitrogens is 4. The van der Waals surface area contributed by atoms with Crippen molar-refractivity contribution < 1.29 is 13.9 Å². The number of oxazole rings is 1.